The number of aromatic nitrogens is 4. The van der Waals surface area contributed by atoms with E-state index in [-0.39, 0.29) is 13.2 Å². The number of imidazole rings is 1. The number of hydrogen-bond acceptors (Lipinski definition) is 6. The molecule has 0 aliphatic heterocycles. The summed E-state index contributed by atoms with van der Waals surface area (Å²) in [6.45, 7) is 0.517. The summed E-state index contributed by atoms with van der Waals surface area (Å²) in [6, 6.07) is 11.3. The zero-order chi connectivity index (χ0) is 20.1. The van der Waals surface area contributed by atoms with Crippen LogP contribution in [0, 0.1) is 19.3 Å². The van der Waals surface area contributed by atoms with Crippen LogP contribution in [-0.2, 0) is 34.4 Å². The average molecular weight is 589 g/mol. The van der Waals surface area contributed by atoms with Gasteiger partial charge in [0.15, 0.2) is 5.65 Å². The van der Waals surface area contributed by atoms with Crippen LogP contribution in [-0.4, -0.2) is 32.9 Å². The summed E-state index contributed by atoms with van der Waals surface area (Å²) in [7, 11) is 1.58. The summed E-state index contributed by atoms with van der Waals surface area (Å²) in [5, 5.41) is 0.895. The van der Waals surface area contributed by atoms with Crippen molar-refractivity contribution in [1.82, 2.24) is 19.5 Å². The minimum absolute atomic E-state index is 0. The van der Waals surface area contributed by atoms with Crippen molar-refractivity contribution in [2.75, 3.05) is 13.4 Å². The third-order valence-corrected chi connectivity index (χ3v) is 4.69. The van der Waals surface area contributed by atoms with Crippen LogP contribution in [0.2, 0.25) is 0 Å². The predicted octanol–water partition coefficient (Wildman–Crippen LogP) is 4.17. The number of thioether (sulfide) groups is 1. The molecule has 0 unspecified atom stereocenters. The molecule has 154 valence electrons. The van der Waals surface area contributed by atoms with Gasteiger partial charge < -0.3 is 16.7 Å². The van der Waals surface area contributed by atoms with E-state index in [2.05, 4.69) is 20.6 Å². The SMILES string of the molecule is COc1ccc2c(ncc3nc(CSC)n(Cc4cc[c-]c(F)c4)c32)n1.[CH3-].[O]=[Os]. The Morgan fingerprint density at radius 1 is 1.28 bits per heavy atom. The molecule has 0 bridgehead atoms. The standard InChI is InChI=1S/C19H16FN4OS.CH3.O.Os/c1-25-17-7-6-14-18-15(9-21-19(14)23-17)22-16(11-26-2)24(18)10-12-4-3-5-13(20)8-12;;;/h3-4,6-9H,10-11H2,1-2H3;1H3;;/q2*-1;;. The number of benzene rings is 1. The number of rotatable bonds is 5. The van der Waals surface area contributed by atoms with E-state index in [1.807, 2.05) is 24.5 Å². The predicted molar refractivity (Wildman–Crippen MR) is 108 cm³/mol. The molecule has 0 fully saturated rings. The Balaban J connectivity index is 0.000000970. The van der Waals surface area contributed by atoms with E-state index < -0.39 is 0 Å². The van der Waals surface area contributed by atoms with E-state index in [1.54, 1.807) is 31.1 Å². The van der Waals surface area contributed by atoms with Crippen LogP contribution < -0.4 is 4.74 Å². The maximum atomic E-state index is 13.6. The number of halogens is 1. The van der Waals surface area contributed by atoms with E-state index in [0.717, 1.165) is 33.6 Å². The Kier molecular flexibility index (Phi) is 8.36. The molecule has 0 saturated carbocycles. The molecule has 0 aliphatic rings. The Morgan fingerprint density at radius 3 is 2.76 bits per heavy atom. The maximum absolute atomic E-state index is 13.6. The normalized spacial score (nSPS) is 10.3. The molecule has 29 heavy (non-hydrogen) atoms. The van der Waals surface area contributed by atoms with Gasteiger partial charge in [-0.1, -0.05) is 0 Å². The number of ether oxygens (including phenoxy) is 1. The fraction of sp³-hybridized carbons (Fsp3) is 0.200. The fourth-order valence-corrected chi connectivity index (χ4v) is 3.49. The molecular weight excluding hydrogens is 570 g/mol. The molecule has 9 heteroatoms. The van der Waals surface area contributed by atoms with Crippen molar-refractivity contribution in [3.63, 3.8) is 0 Å². The van der Waals surface area contributed by atoms with Crippen molar-refractivity contribution in [1.29, 1.82) is 0 Å². The van der Waals surface area contributed by atoms with Crippen LogP contribution in [0.4, 0.5) is 4.39 Å². The summed E-state index contributed by atoms with van der Waals surface area (Å²) < 4.78 is 29.2. The van der Waals surface area contributed by atoms with Crippen molar-refractivity contribution < 1.29 is 31.2 Å². The molecule has 0 atom stereocenters. The van der Waals surface area contributed by atoms with Gasteiger partial charge in [0.2, 0.25) is 5.88 Å². The van der Waals surface area contributed by atoms with Gasteiger partial charge in [0.1, 0.15) is 11.3 Å². The van der Waals surface area contributed by atoms with Crippen molar-refractivity contribution in [2.24, 2.45) is 0 Å². The summed E-state index contributed by atoms with van der Waals surface area (Å²) in [5.74, 6) is 1.82. The monoisotopic (exact) mass is 590 g/mol. The van der Waals surface area contributed by atoms with E-state index in [0.29, 0.717) is 36.6 Å². The Labute approximate surface area is 183 Å². The minimum atomic E-state index is -0.365. The van der Waals surface area contributed by atoms with Crippen LogP contribution in [0.1, 0.15) is 11.4 Å². The van der Waals surface area contributed by atoms with Gasteiger partial charge in [-0.05, 0) is 12.3 Å². The fourth-order valence-electron chi connectivity index (χ4n) is 3.01. The van der Waals surface area contributed by atoms with Gasteiger partial charge in [-0.3, -0.25) is 0 Å². The van der Waals surface area contributed by atoms with Gasteiger partial charge in [-0.15, -0.1) is 17.7 Å². The van der Waals surface area contributed by atoms with Crippen LogP contribution in [0.5, 0.6) is 5.88 Å². The molecule has 0 saturated heterocycles. The zero-order valence-electron chi connectivity index (χ0n) is 16.1. The van der Waals surface area contributed by atoms with Gasteiger partial charge in [0, 0.05) is 23.8 Å². The van der Waals surface area contributed by atoms with Crippen molar-refractivity contribution >= 4 is 33.8 Å². The molecule has 3 heterocycles. The first-order valence-corrected chi connectivity index (χ1v) is 10.6. The number of nitrogens with zero attached hydrogens (tertiary/aromatic N) is 4. The van der Waals surface area contributed by atoms with Gasteiger partial charge in [0.25, 0.3) is 0 Å². The third-order valence-electron chi connectivity index (χ3n) is 4.14. The molecular formula is C20H19FN4O2OsS-2. The first kappa shape index (κ1) is 23.0. The second-order valence-corrected chi connectivity index (χ2v) is 6.67. The number of hydrogen-bond donors (Lipinski definition) is 0. The second kappa shape index (κ2) is 10.5. The molecule has 3 aromatic heterocycles. The quantitative estimate of drug-likeness (QED) is 0.326. The molecule has 1 aromatic carbocycles. The van der Waals surface area contributed by atoms with Crippen molar-refractivity contribution in [3.05, 3.63) is 67.2 Å². The molecule has 0 spiro atoms. The molecule has 0 aliphatic carbocycles. The van der Waals surface area contributed by atoms with Crippen LogP contribution >= 0.6 is 11.8 Å². The number of methoxy groups -OCH3 is 1. The van der Waals surface area contributed by atoms with Crippen LogP contribution in [0.3, 0.4) is 0 Å². The van der Waals surface area contributed by atoms with Crippen LogP contribution in [0.15, 0.2) is 36.5 Å². The molecule has 4 aromatic rings. The first-order chi connectivity index (χ1) is 13.7. The van der Waals surface area contributed by atoms with Gasteiger partial charge in [-0.25, -0.2) is 14.4 Å². The topological polar surface area (TPSA) is 69.9 Å². The first-order valence-electron chi connectivity index (χ1n) is 8.18. The summed E-state index contributed by atoms with van der Waals surface area (Å²) in [4.78, 5) is 13.6. The molecule has 0 radical (unpaired) electrons. The van der Waals surface area contributed by atoms with Crippen molar-refractivity contribution in [3.8, 4) is 5.88 Å². The molecule has 4 rings (SSSR count). The summed E-state index contributed by atoms with van der Waals surface area (Å²) in [5.41, 5.74) is 3.20. The van der Waals surface area contributed by atoms with Gasteiger partial charge >= 0.3 is 22.1 Å². The molecule has 0 N–H and O–H groups in total. The number of pyridine rings is 2. The van der Waals surface area contributed by atoms with E-state index in [4.69, 9.17) is 13.3 Å². The van der Waals surface area contributed by atoms with Gasteiger partial charge in [0.05, 0.1) is 24.6 Å². The Bertz CT molecular complexity index is 1120. The number of fused-ring (bicyclic) bond motifs is 3. The molecule has 6 nitrogen and oxygen atoms in total. The summed E-state index contributed by atoms with van der Waals surface area (Å²) in [6.07, 6.45) is 3.76. The van der Waals surface area contributed by atoms with Gasteiger partial charge in [-0.2, -0.15) is 28.9 Å². The van der Waals surface area contributed by atoms with Crippen LogP contribution in [0.25, 0.3) is 22.1 Å². The Hall–Kier alpha value is -2.23. The zero-order valence-corrected chi connectivity index (χ0v) is 19.5. The second-order valence-electron chi connectivity index (χ2n) is 5.81. The average Bonchev–Trinajstić information content (AvgIpc) is 3.07. The molecule has 0 amide bonds. The van der Waals surface area contributed by atoms with Crippen molar-refractivity contribution in [2.45, 2.75) is 12.3 Å². The van der Waals surface area contributed by atoms with E-state index in [1.165, 1.54) is 6.07 Å². The third kappa shape index (κ3) is 4.85. The van der Waals surface area contributed by atoms with E-state index in [9.17, 15) is 4.39 Å². The Morgan fingerprint density at radius 2 is 2.07 bits per heavy atom. The summed E-state index contributed by atoms with van der Waals surface area (Å²) >= 11 is 2.30. The van der Waals surface area contributed by atoms with E-state index >= 15 is 0 Å².